The quantitative estimate of drug-likeness (QED) is 0.751. The summed E-state index contributed by atoms with van der Waals surface area (Å²) in [5.41, 5.74) is 2.83. The molecule has 4 nitrogen and oxygen atoms in total. The second kappa shape index (κ2) is 6.80. The lowest BCUT2D eigenvalue weighted by atomic mass is 10.1. The van der Waals surface area contributed by atoms with Crippen LogP contribution in [-0.4, -0.2) is 14.8 Å². The van der Waals surface area contributed by atoms with E-state index in [9.17, 15) is 4.79 Å². The van der Waals surface area contributed by atoms with Gasteiger partial charge in [0.1, 0.15) is 0 Å². The Morgan fingerprint density at radius 2 is 1.71 bits per heavy atom. The van der Waals surface area contributed by atoms with Crippen LogP contribution < -0.4 is 5.69 Å². The Labute approximate surface area is 144 Å². The van der Waals surface area contributed by atoms with E-state index in [1.54, 1.807) is 0 Å². The van der Waals surface area contributed by atoms with Crippen molar-refractivity contribution in [2.24, 2.45) is 4.99 Å². The van der Waals surface area contributed by atoms with E-state index in [0.717, 1.165) is 17.2 Å². The Kier molecular flexibility index (Phi) is 5.16. The third kappa shape index (κ3) is 3.69. The highest BCUT2D eigenvalue weighted by Gasteiger charge is 2.28. The molecule has 24 heavy (non-hydrogen) atoms. The normalized spacial score (nSPS) is 11.8. The molecule has 0 atom stereocenters. The molecule has 0 saturated carbocycles. The Bertz CT molecular complexity index is 783. The molecule has 1 aromatic heterocycles. The van der Waals surface area contributed by atoms with Crippen LogP contribution in [0.5, 0.6) is 0 Å². The molecule has 2 rings (SSSR count). The molecule has 4 heteroatoms. The number of aliphatic imine (C=N–C) groups is 1. The lowest BCUT2D eigenvalue weighted by Gasteiger charge is -2.22. The fourth-order valence-electron chi connectivity index (χ4n) is 2.99. The molecule has 0 fully saturated rings. The molecular weight excluding hydrogens is 298 g/mol. The average molecular weight is 327 g/mol. The molecule has 0 bridgehead atoms. The monoisotopic (exact) mass is 327 g/mol. The summed E-state index contributed by atoms with van der Waals surface area (Å²) in [4.78, 5) is 17.9. The van der Waals surface area contributed by atoms with Gasteiger partial charge in [-0.3, -0.25) is 9.13 Å². The van der Waals surface area contributed by atoms with Gasteiger partial charge in [-0.1, -0.05) is 30.3 Å². The Morgan fingerprint density at radius 1 is 1.12 bits per heavy atom. The number of aromatic nitrogens is 2. The summed E-state index contributed by atoms with van der Waals surface area (Å²) in [6.45, 7) is 14.2. The SMILES string of the molecule is CC(C)=Nc1c(Cc2ccccc2)n(C(C)(C)C)c(=O)n1C(C)C. The van der Waals surface area contributed by atoms with Crippen molar-refractivity contribution in [1.82, 2.24) is 9.13 Å². The second-order valence-corrected chi connectivity index (χ2v) is 7.74. The summed E-state index contributed by atoms with van der Waals surface area (Å²) in [5.74, 6) is 0.786. The summed E-state index contributed by atoms with van der Waals surface area (Å²) in [6.07, 6.45) is 0.694. The van der Waals surface area contributed by atoms with Gasteiger partial charge in [-0.25, -0.2) is 9.79 Å². The number of hydrogen-bond acceptors (Lipinski definition) is 2. The van der Waals surface area contributed by atoms with Crippen LogP contribution in [0.2, 0.25) is 0 Å². The highest BCUT2D eigenvalue weighted by Crippen LogP contribution is 2.29. The molecule has 130 valence electrons. The van der Waals surface area contributed by atoms with E-state index >= 15 is 0 Å². The smallest absolute Gasteiger partial charge is 0.288 e. The fraction of sp³-hybridized carbons (Fsp3) is 0.500. The molecule has 1 aromatic carbocycles. The van der Waals surface area contributed by atoms with Crippen LogP contribution in [0, 0.1) is 0 Å². The summed E-state index contributed by atoms with van der Waals surface area (Å²) in [6, 6.07) is 10.3. The number of imidazole rings is 1. The van der Waals surface area contributed by atoms with Crippen molar-refractivity contribution in [1.29, 1.82) is 0 Å². The lowest BCUT2D eigenvalue weighted by Crippen LogP contribution is -2.36. The first-order valence-corrected chi connectivity index (χ1v) is 8.55. The van der Waals surface area contributed by atoms with Crippen molar-refractivity contribution >= 4 is 11.5 Å². The van der Waals surface area contributed by atoms with Crippen molar-refractivity contribution in [3.05, 3.63) is 52.1 Å². The Balaban J connectivity index is 2.80. The van der Waals surface area contributed by atoms with Crippen LogP contribution in [0.15, 0.2) is 40.1 Å². The molecule has 0 spiro atoms. The van der Waals surface area contributed by atoms with Crippen molar-refractivity contribution < 1.29 is 0 Å². The van der Waals surface area contributed by atoms with E-state index in [1.807, 2.05) is 55.0 Å². The highest BCUT2D eigenvalue weighted by atomic mass is 16.2. The van der Waals surface area contributed by atoms with E-state index in [-0.39, 0.29) is 17.3 Å². The number of nitrogens with zero attached hydrogens (tertiary/aromatic N) is 3. The molecule has 0 radical (unpaired) electrons. The molecule has 1 heterocycles. The number of benzene rings is 1. The van der Waals surface area contributed by atoms with E-state index in [4.69, 9.17) is 4.99 Å². The molecule has 0 aliphatic heterocycles. The van der Waals surface area contributed by atoms with Gasteiger partial charge in [-0.05, 0) is 54.0 Å². The highest BCUT2D eigenvalue weighted by molar-refractivity contribution is 5.82. The first kappa shape index (κ1) is 18.2. The first-order chi connectivity index (χ1) is 11.1. The van der Waals surface area contributed by atoms with E-state index in [2.05, 4.69) is 32.9 Å². The van der Waals surface area contributed by atoms with Crippen molar-refractivity contribution in [3.63, 3.8) is 0 Å². The van der Waals surface area contributed by atoms with Gasteiger partial charge in [0.2, 0.25) is 0 Å². The van der Waals surface area contributed by atoms with Crippen molar-refractivity contribution in [3.8, 4) is 0 Å². The molecular formula is C20H29N3O. The number of hydrogen-bond donors (Lipinski definition) is 0. The Morgan fingerprint density at radius 3 is 2.17 bits per heavy atom. The van der Waals surface area contributed by atoms with E-state index in [0.29, 0.717) is 6.42 Å². The van der Waals surface area contributed by atoms with Gasteiger partial charge >= 0.3 is 5.69 Å². The predicted molar refractivity (Wildman–Crippen MR) is 102 cm³/mol. The van der Waals surface area contributed by atoms with Gasteiger partial charge in [0, 0.05) is 23.7 Å². The first-order valence-electron chi connectivity index (χ1n) is 8.55. The molecule has 0 N–H and O–H groups in total. The minimum Gasteiger partial charge on any atom is -0.288 e. The maximum absolute atomic E-state index is 13.1. The summed E-state index contributed by atoms with van der Waals surface area (Å²) in [5, 5.41) is 0. The molecule has 0 amide bonds. The molecule has 0 saturated heterocycles. The van der Waals surface area contributed by atoms with Gasteiger partial charge < -0.3 is 0 Å². The zero-order valence-corrected chi connectivity index (χ0v) is 15.9. The zero-order valence-electron chi connectivity index (χ0n) is 15.9. The van der Waals surface area contributed by atoms with Gasteiger partial charge in [0.05, 0.1) is 5.69 Å². The van der Waals surface area contributed by atoms with Crippen molar-refractivity contribution in [2.45, 2.75) is 66.5 Å². The lowest BCUT2D eigenvalue weighted by molar-refractivity contribution is 0.367. The topological polar surface area (TPSA) is 39.3 Å². The van der Waals surface area contributed by atoms with Crippen LogP contribution in [-0.2, 0) is 12.0 Å². The largest absolute Gasteiger partial charge is 0.330 e. The fourth-order valence-corrected chi connectivity index (χ4v) is 2.99. The third-order valence-corrected chi connectivity index (χ3v) is 3.88. The van der Waals surface area contributed by atoms with Crippen LogP contribution in [0.1, 0.15) is 65.8 Å². The van der Waals surface area contributed by atoms with Crippen LogP contribution >= 0.6 is 0 Å². The maximum Gasteiger partial charge on any atom is 0.330 e. The molecule has 2 aromatic rings. The molecule has 0 aliphatic rings. The van der Waals surface area contributed by atoms with Crippen molar-refractivity contribution in [2.75, 3.05) is 0 Å². The summed E-state index contributed by atoms with van der Waals surface area (Å²) < 4.78 is 3.72. The predicted octanol–water partition coefficient (Wildman–Crippen LogP) is 4.69. The standard InChI is InChI=1S/C20H29N3O/c1-14(2)21-18-17(13-16-11-9-8-10-12-16)23(20(5,6)7)19(24)22(18)15(3)4/h8-12,15H,13H2,1-7H3. The zero-order chi connectivity index (χ0) is 18.1. The van der Waals surface area contributed by atoms with E-state index in [1.165, 1.54) is 5.56 Å². The number of rotatable bonds is 4. The van der Waals surface area contributed by atoms with Gasteiger partial charge in [-0.15, -0.1) is 0 Å². The minimum absolute atomic E-state index is 0.0171. The summed E-state index contributed by atoms with van der Waals surface area (Å²) in [7, 11) is 0. The van der Waals surface area contributed by atoms with E-state index < -0.39 is 0 Å². The average Bonchev–Trinajstić information content (AvgIpc) is 2.71. The van der Waals surface area contributed by atoms with Gasteiger partial charge in [0.15, 0.2) is 5.82 Å². The van der Waals surface area contributed by atoms with Crippen LogP contribution in [0.4, 0.5) is 5.82 Å². The Hall–Kier alpha value is -2.10. The van der Waals surface area contributed by atoms with Crippen LogP contribution in [0.3, 0.4) is 0 Å². The van der Waals surface area contributed by atoms with Gasteiger partial charge in [0.25, 0.3) is 0 Å². The minimum atomic E-state index is -0.298. The van der Waals surface area contributed by atoms with Crippen LogP contribution in [0.25, 0.3) is 0 Å². The molecule has 0 aliphatic carbocycles. The van der Waals surface area contributed by atoms with Gasteiger partial charge in [-0.2, -0.15) is 0 Å². The summed E-state index contributed by atoms with van der Waals surface area (Å²) >= 11 is 0. The molecule has 0 unspecified atom stereocenters. The third-order valence-electron chi connectivity index (χ3n) is 3.88. The second-order valence-electron chi connectivity index (χ2n) is 7.74. The maximum atomic E-state index is 13.1.